The average Bonchev–Trinajstić information content (AvgIpc) is 3.61. The third kappa shape index (κ3) is 5.10. The van der Waals surface area contributed by atoms with Gasteiger partial charge in [0.1, 0.15) is 11.3 Å². The molecule has 0 aliphatic carbocycles. The lowest BCUT2D eigenvalue weighted by molar-refractivity contribution is -0.118. The minimum absolute atomic E-state index is 0. The van der Waals surface area contributed by atoms with E-state index in [1.54, 1.807) is 30.0 Å². The van der Waals surface area contributed by atoms with Gasteiger partial charge in [-0.3, -0.25) is 14.8 Å². The van der Waals surface area contributed by atoms with Crippen molar-refractivity contribution in [3.63, 3.8) is 0 Å². The van der Waals surface area contributed by atoms with Gasteiger partial charge in [-0.2, -0.15) is 5.10 Å². The lowest BCUT2D eigenvalue weighted by Gasteiger charge is -2.28. The van der Waals surface area contributed by atoms with Crippen LogP contribution in [0.5, 0.6) is 0 Å². The number of nitrogens with zero attached hydrogens (tertiary/aromatic N) is 5. The summed E-state index contributed by atoms with van der Waals surface area (Å²) in [5, 5.41) is 13.6. The maximum Gasteiger partial charge on any atom is 0.255 e. The third-order valence-electron chi connectivity index (χ3n) is 6.42. The smallest absolute Gasteiger partial charge is 0.255 e. The normalized spacial score (nSPS) is 14.2. The van der Waals surface area contributed by atoms with Crippen molar-refractivity contribution >= 4 is 51.5 Å². The first-order chi connectivity index (χ1) is 18.2. The quantitative estimate of drug-likeness (QED) is 0.318. The lowest BCUT2D eigenvalue weighted by Crippen LogP contribution is -2.43. The van der Waals surface area contributed by atoms with Gasteiger partial charge in [-0.1, -0.05) is 42.5 Å². The van der Waals surface area contributed by atoms with Gasteiger partial charge in [0.2, 0.25) is 0 Å². The van der Waals surface area contributed by atoms with E-state index in [4.69, 9.17) is 0 Å². The van der Waals surface area contributed by atoms with Crippen molar-refractivity contribution in [2.75, 3.05) is 36.4 Å². The van der Waals surface area contributed by atoms with Crippen LogP contribution in [-0.2, 0) is 4.79 Å². The molecule has 5 aromatic rings. The molecule has 38 heavy (non-hydrogen) atoms. The van der Waals surface area contributed by atoms with Crippen LogP contribution in [0.1, 0.15) is 11.6 Å². The zero-order chi connectivity index (χ0) is 25.2. The van der Waals surface area contributed by atoms with Crippen LogP contribution in [0.4, 0.5) is 15.3 Å². The number of rotatable bonds is 6. The molecule has 11 heteroatoms. The largest absolute Gasteiger partial charge is 0.354 e. The Balaban J connectivity index is 0.00000294. The molecule has 1 fully saturated rings. The molecule has 1 atom stereocenters. The number of hydrogen-bond acceptors (Lipinski definition) is 7. The number of benzene rings is 2. The second kappa shape index (κ2) is 11.3. The van der Waals surface area contributed by atoms with Gasteiger partial charge < -0.3 is 10.2 Å². The Hall–Kier alpha value is -3.86. The minimum Gasteiger partial charge on any atom is -0.354 e. The summed E-state index contributed by atoms with van der Waals surface area (Å²) < 4.78 is 17.3. The number of hydrogen-bond donors (Lipinski definition) is 2. The van der Waals surface area contributed by atoms with Crippen LogP contribution in [0.25, 0.3) is 22.0 Å². The molecule has 2 aromatic carbocycles. The predicted octanol–water partition coefficient (Wildman–Crippen LogP) is 4.75. The zero-order valence-electron chi connectivity index (χ0n) is 20.3. The van der Waals surface area contributed by atoms with Gasteiger partial charge in [0.05, 0.1) is 0 Å². The van der Waals surface area contributed by atoms with E-state index in [1.165, 1.54) is 16.0 Å². The summed E-state index contributed by atoms with van der Waals surface area (Å²) in [6.07, 6.45) is 5.03. The molecule has 8 nitrogen and oxygen atoms in total. The van der Waals surface area contributed by atoms with Gasteiger partial charge >= 0.3 is 0 Å². The highest BCUT2D eigenvalue weighted by atomic mass is 35.5. The number of carbonyl (C=O) groups is 1. The molecule has 0 spiro atoms. The number of fused-ring (bicyclic) bond motifs is 1. The van der Waals surface area contributed by atoms with Crippen LogP contribution >= 0.6 is 23.7 Å². The summed E-state index contributed by atoms with van der Waals surface area (Å²) in [4.78, 5) is 24.2. The SMILES string of the molecule is Cl.O=C(Nc1nccs1)C(c1ccccc1)n1cc2ccc(-c3ccc(N4CCNCC4)nc3)c(F)c2n1. The molecular weight excluding hydrogens is 525 g/mol. The standard InChI is InChI=1S/C27H24FN7OS.ClH/c28-23-21(19-7-9-22(31-16-19)34-13-10-29-11-14-34)8-6-20-17-35(33-24(20)23)25(18-4-2-1-3-5-18)26(36)32-27-30-12-15-37-27;/h1-9,12,15-17,25,29H,10-11,13-14H2,(H,30,32,36);1H. The van der Waals surface area contributed by atoms with Gasteiger partial charge in [0.15, 0.2) is 17.0 Å². The monoisotopic (exact) mass is 549 g/mol. The molecule has 0 saturated carbocycles. The zero-order valence-corrected chi connectivity index (χ0v) is 21.9. The highest BCUT2D eigenvalue weighted by Gasteiger charge is 2.26. The van der Waals surface area contributed by atoms with Crippen molar-refractivity contribution in [2.45, 2.75) is 6.04 Å². The first-order valence-corrected chi connectivity index (χ1v) is 12.9. The number of nitrogens with one attached hydrogen (secondary N) is 2. The molecule has 2 N–H and O–H groups in total. The first kappa shape index (κ1) is 25.8. The van der Waals surface area contributed by atoms with Crippen LogP contribution in [-0.4, -0.2) is 51.8 Å². The summed E-state index contributed by atoms with van der Waals surface area (Å²) in [6.45, 7) is 3.62. The Morgan fingerprint density at radius 1 is 1.05 bits per heavy atom. The number of halogens is 2. The maximum atomic E-state index is 15.8. The Labute approximate surface area is 228 Å². The summed E-state index contributed by atoms with van der Waals surface area (Å²) in [6, 6.07) is 15.9. The Morgan fingerprint density at radius 3 is 2.58 bits per heavy atom. The Morgan fingerprint density at radius 2 is 1.87 bits per heavy atom. The van der Waals surface area contributed by atoms with Crippen molar-refractivity contribution in [1.82, 2.24) is 25.1 Å². The number of amides is 1. The maximum absolute atomic E-state index is 15.8. The molecule has 1 aliphatic rings. The highest BCUT2D eigenvalue weighted by molar-refractivity contribution is 7.13. The van der Waals surface area contributed by atoms with Crippen molar-refractivity contribution < 1.29 is 9.18 Å². The Kier molecular flexibility index (Phi) is 7.64. The molecule has 0 bridgehead atoms. The van der Waals surface area contributed by atoms with E-state index >= 15 is 4.39 Å². The number of anilines is 2. The molecular formula is C27H25ClFN7OS. The van der Waals surface area contributed by atoms with Crippen LogP contribution in [0.2, 0.25) is 0 Å². The van der Waals surface area contributed by atoms with E-state index in [1.807, 2.05) is 48.5 Å². The van der Waals surface area contributed by atoms with E-state index in [-0.39, 0.29) is 23.8 Å². The second-order valence-corrected chi connectivity index (χ2v) is 9.65. The van der Waals surface area contributed by atoms with Crippen molar-refractivity contribution in [1.29, 1.82) is 0 Å². The van der Waals surface area contributed by atoms with Crippen molar-refractivity contribution in [3.05, 3.63) is 89.9 Å². The fourth-order valence-corrected chi connectivity index (χ4v) is 5.10. The molecule has 194 valence electrons. The number of aromatic nitrogens is 4. The van der Waals surface area contributed by atoms with Crippen LogP contribution in [0, 0.1) is 5.82 Å². The van der Waals surface area contributed by atoms with E-state index < -0.39 is 11.9 Å². The molecule has 3 aromatic heterocycles. The Bertz CT molecular complexity index is 1520. The molecule has 1 saturated heterocycles. The molecule has 4 heterocycles. The molecule has 0 radical (unpaired) electrons. The van der Waals surface area contributed by atoms with Gasteiger partial charge in [-0.25, -0.2) is 14.4 Å². The predicted molar refractivity (Wildman–Crippen MR) is 151 cm³/mol. The summed E-state index contributed by atoms with van der Waals surface area (Å²) in [5.41, 5.74) is 2.03. The van der Waals surface area contributed by atoms with E-state index in [0.717, 1.165) is 37.6 Å². The number of thiazole rings is 1. The first-order valence-electron chi connectivity index (χ1n) is 12.0. The highest BCUT2D eigenvalue weighted by Crippen LogP contribution is 2.31. The van der Waals surface area contributed by atoms with E-state index in [0.29, 0.717) is 21.6 Å². The van der Waals surface area contributed by atoms with Gasteiger partial charge in [-0.15, -0.1) is 23.7 Å². The summed E-state index contributed by atoms with van der Waals surface area (Å²) in [7, 11) is 0. The van der Waals surface area contributed by atoms with E-state index in [9.17, 15) is 4.79 Å². The summed E-state index contributed by atoms with van der Waals surface area (Å²) >= 11 is 1.33. The van der Waals surface area contributed by atoms with Crippen molar-refractivity contribution in [3.8, 4) is 11.1 Å². The van der Waals surface area contributed by atoms with Crippen LogP contribution < -0.4 is 15.5 Å². The molecule has 1 amide bonds. The van der Waals surface area contributed by atoms with Crippen LogP contribution in [0.15, 0.2) is 78.6 Å². The third-order valence-corrected chi connectivity index (χ3v) is 7.11. The molecule has 1 aliphatic heterocycles. The fourth-order valence-electron chi connectivity index (χ4n) is 4.57. The average molecular weight is 550 g/mol. The van der Waals surface area contributed by atoms with Crippen LogP contribution in [0.3, 0.4) is 0 Å². The topological polar surface area (TPSA) is 88.0 Å². The summed E-state index contributed by atoms with van der Waals surface area (Å²) in [5.74, 6) is 0.135. The van der Waals surface area contributed by atoms with E-state index in [2.05, 4.69) is 30.6 Å². The molecule has 6 rings (SSSR count). The second-order valence-electron chi connectivity index (χ2n) is 8.76. The minimum atomic E-state index is -0.791. The number of pyridine rings is 1. The fraction of sp³-hybridized carbons (Fsp3) is 0.185. The van der Waals surface area contributed by atoms with Crippen molar-refractivity contribution in [2.24, 2.45) is 0 Å². The van der Waals surface area contributed by atoms with Gasteiger partial charge in [0, 0.05) is 66.7 Å². The molecule has 1 unspecified atom stereocenters. The number of piperazine rings is 1. The lowest BCUT2D eigenvalue weighted by atomic mass is 10.1. The van der Waals surface area contributed by atoms with Gasteiger partial charge in [-0.05, 0) is 17.7 Å². The number of carbonyl (C=O) groups excluding carboxylic acids is 1. The van der Waals surface area contributed by atoms with Gasteiger partial charge in [0.25, 0.3) is 5.91 Å².